The van der Waals surface area contributed by atoms with Crippen LogP contribution in [0.2, 0.25) is 0 Å². The maximum absolute atomic E-state index is 11.3. The molecule has 2 heterocycles. The molecule has 0 atom stereocenters. The number of thiol groups is 2. The molecule has 5 N–H and O–H groups in total. The molecule has 4 rings (SSSR count). The summed E-state index contributed by atoms with van der Waals surface area (Å²) in [5.74, 6) is -2.49. The molecule has 0 aliphatic rings. The number of rotatable bonds is 12. The summed E-state index contributed by atoms with van der Waals surface area (Å²) in [6.45, 7) is 0.956. The molecule has 0 radical (unpaired) electrons. The summed E-state index contributed by atoms with van der Waals surface area (Å²) < 4.78 is 0. The zero-order valence-electron chi connectivity index (χ0n) is 22.3. The van der Waals surface area contributed by atoms with E-state index >= 15 is 0 Å². The first kappa shape index (κ1) is 31.1. The van der Waals surface area contributed by atoms with Crippen LogP contribution in [0.4, 0.5) is 22.7 Å². The predicted octanol–water partition coefficient (Wildman–Crippen LogP) is 6.23. The number of carboxylic acid groups (broad SMARTS) is 2. The van der Waals surface area contributed by atoms with Gasteiger partial charge < -0.3 is 25.7 Å². The topological polar surface area (TPSA) is 202 Å². The van der Waals surface area contributed by atoms with Gasteiger partial charge >= 0.3 is 11.9 Å². The summed E-state index contributed by atoms with van der Waals surface area (Å²) in [5.41, 5.74) is 2.88. The minimum absolute atomic E-state index is 0.228. The number of carbonyl (C=O) groups is 2. The smallest absolute Gasteiger partial charge is 0.339 e. The van der Waals surface area contributed by atoms with Gasteiger partial charge in [0.05, 0.1) is 34.2 Å². The zero-order chi connectivity index (χ0) is 30.9. The van der Waals surface area contributed by atoms with Crippen LogP contribution >= 0.6 is 25.3 Å². The van der Waals surface area contributed by atoms with Crippen LogP contribution in [0.25, 0.3) is 11.4 Å². The van der Waals surface area contributed by atoms with Gasteiger partial charge in [0.15, 0.2) is 0 Å². The molecule has 13 nitrogen and oxygen atoms in total. The Morgan fingerprint density at radius 1 is 0.698 bits per heavy atom. The van der Waals surface area contributed by atoms with Crippen LogP contribution in [0.3, 0.4) is 0 Å². The average molecular weight is 620 g/mol. The second-order valence-corrected chi connectivity index (χ2v) is 9.56. The van der Waals surface area contributed by atoms with E-state index in [4.69, 9.17) is 4.98 Å². The van der Waals surface area contributed by atoms with Gasteiger partial charge in [-0.2, -0.15) is 35.5 Å². The number of aromatic hydroxyl groups is 2. The van der Waals surface area contributed by atoms with E-state index in [1.54, 1.807) is 24.3 Å². The molecule has 220 valence electrons. The number of hydrogen-bond acceptors (Lipinski definition) is 13. The monoisotopic (exact) mass is 619 g/mol. The third kappa shape index (κ3) is 7.91. The largest absolute Gasteiger partial charge is 0.507 e. The van der Waals surface area contributed by atoms with Gasteiger partial charge in [0.1, 0.15) is 34.0 Å². The maximum Gasteiger partial charge on any atom is 0.339 e. The highest BCUT2D eigenvalue weighted by molar-refractivity contribution is 7.80. The first-order valence-corrected chi connectivity index (χ1v) is 13.9. The second-order valence-electron chi connectivity index (χ2n) is 8.80. The van der Waals surface area contributed by atoms with Crippen molar-refractivity contribution in [2.24, 2.45) is 20.5 Å². The Morgan fingerprint density at radius 3 is 1.65 bits per heavy atom. The number of nitrogens with zero attached hydrogens (tertiary/aromatic N) is 6. The molecule has 15 heteroatoms. The van der Waals surface area contributed by atoms with Crippen LogP contribution in [0.5, 0.6) is 11.5 Å². The molecule has 0 bridgehead atoms. The molecule has 0 aliphatic carbocycles. The van der Waals surface area contributed by atoms with Crippen LogP contribution < -0.4 is 5.32 Å². The highest BCUT2D eigenvalue weighted by Gasteiger charge is 2.14. The molecule has 0 saturated carbocycles. The van der Waals surface area contributed by atoms with Crippen LogP contribution in [0.15, 0.2) is 81.1 Å². The highest BCUT2D eigenvalue weighted by Crippen LogP contribution is 2.31. The van der Waals surface area contributed by atoms with Crippen LogP contribution in [-0.4, -0.2) is 54.6 Å². The fraction of sp³-hybridized carbons (Fsp3) is 0.143. The third-order valence-corrected chi connectivity index (χ3v) is 6.38. The van der Waals surface area contributed by atoms with Crippen molar-refractivity contribution < 1.29 is 30.0 Å². The first-order chi connectivity index (χ1) is 20.7. The molecular weight excluding hydrogens is 594 g/mol. The molecule has 0 unspecified atom stereocenters. The normalized spacial score (nSPS) is 11.4. The number of nitrogens with one attached hydrogen (secondary N) is 1. The molecule has 2 aromatic carbocycles. The quantitative estimate of drug-likeness (QED) is 0.0545. The lowest BCUT2D eigenvalue weighted by Crippen LogP contribution is -2.16. The lowest BCUT2D eigenvalue weighted by molar-refractivity contribution is 0.0682. The van der Waals surface area contributed by atoms with Crippen molar-refractivity contribution in [3.63, 3.8) is 0 Å². The van der Waals surface area contributed by atoms with E-state index in [0.29, 0.717) is 53.0 Å². The van der Waals surface area contributed by atoms with Gasteiger partial charge in [-0.1, -0.05) is 0 Å². The summed E-state index contributed by atoms with van der Waals surface area (Å²) in [7, 11) is 0. The summed E-state index contributed by atoms with van der Waals surface area (Å²) in [5, 5.41) is 57.8. The van der Waals surface area contributed by atoms with Crippen LogP contribution in [0, 0.1) is 0 Å². The number of aromatic carboxylic acids is 2. The Morgan fingerprint density at radius 2 is 1.19 bits per heavy atom. The van der Waals surface area contributed by atoms with Crippen LogP contribution in [0.1, 0.15) is 32.1 Å². The fourth-order valence-electron chi connectivity index (χ4n) is 3.73. The number of pyridine rings is 2. The number of benzene rings is 2. The fourth-order valence-corrected chi connectivity index (χ4v) is 4.12. The van der Waals surface area contributed by atoms with Crippen molar-refractivity contribution in [1.29, 1.82) is 0 Å². The Hall–Kier alpha value is -4.86. The average Bonchev–Trinajstić information content (AvgIpc) is 3.00. The van der Waals surface area contributed by atoms with E-state index in [2.05, 4.69) is 56.0 Å². The zero-order valence-corrected chi connectivity index (χ0v) is 24.1. The van der Waals surface area contributed by atoms with Gasteiger partial charge in [-0.25, -0.2) is 19.6 Å². The Kier molecular flexibility index (Phi) is 10.4. The summed E-state index contributed by atoms with van der Waals surface area (Å²) in [4.78, 5) is 32.0. The molecular formula is C28H25N7O6S2. The van der Waals surface area contributed by atoms with E-state index in [1.165, 1.54) is 36.4 Å². The summed E-state index contributed by atoms with van der Waals surface area (Å²) in [6, 6.07) is 14.6. The van der Waals surface area contributed by atoms with E-state index in [-0.39, 0.29) is 39.8 Å². The van der Waals surface area contributed by atoms with Crippen molar-refractivity contribution in [2.75, 3.05) is 12.3 Å². The molecule has 0 saturated heterocycles. The highest BCUT2D eigenvalue weighted by atomic mass is 32.1. The molecule has 43 heavy (non-hydrogen) atoms. The van der Waals surface area contributed by atoms with Crippen molar-refractivity contribution in [3.05, 3.63) is 83.2 Å². The maximum atomic E-state index is 11.3. The molecule has 0 aliphatic heterocycles. The molecule has 4 aromatic rings. The summed E-state index contributed by atoms with van der Waals surface area (Å²) in [6.07, 6.45) is 0. The molecule has 2 aromatic heterocycles. The van der Waals surface area contributed by atoms with Crippen molar-refractivity contribution >= 4 is 59.9 Å². The lowest BCUT2D eigenvalue weighted by Gasteiger charge is -2.10. The molecule has 0 spiro atoms. The van der Waals surface area contributed by atoms with Gasteiger partial charge in [-0.3, -0.25) is 0 Å². The second kappa shape index (κ2) is 14.4. The van der Waals surface area contributed by atoms with E-state index in [9.17, 15) is 30.0 Å². The van der Waals surface area contributed by atoms with Crippen molar-refractivity contribution in [1.82, 2.24) is 15.3 Å². The number of azo groups is 2. The van der Waals surface area contributed by atoms with E-state index in [1.807, 2.05) is 0 Å². The number of phenols is 2. The van der Waals surface area contributed by atoms with Gasteiger partial charge in [-0.05, 0) is 60.7 Å². The van der Waals surface area contributed by atoms with E-state index in [0.717, 1.165) is 0 Å². The van der Waals surface area contributed by atoms with E-state index < -0.39 is 11.9 Å². The van der Waals surface area contributed by atoms with Crippen molar-refractivity contribution in [3.8, 4) is 22.9 Å². The van der Waals surface area contributed by atoms with Gasteiger partial charge in [0.2, 0.25) is 0 Å². The standard InChI is InChI=1S/C28H25N7O6S2/c36-25-7-1-15(11-17(25)27(38)39)32-34-21-5-3-19(30-23(21)13-29-9-10-42)20-4-6-22(24(14-43)31-20)35-33-16-2-8-26(37)18(12-16)28(40)41/h1-8,11-12,29,36-37,42-43H,9-10,13-14H2,(H,38,39)(H,40,41). The van der Waals surface area contributed by atoms with Gasteiger partial charge in [-0.15, -0.1) is 10.2 Å². The van der Waals surface area contributed by atoms with Gasteiger partial charge in [0.25, 0.3) is 0 Å². The Labute approximate surface area is 255 Å². The van der Waals surface area contributed by atoms with Crippen molar-refractivity contribution in [2.45, 2.75) is 12.3 Å². The predicted molar refractivity (Wildman–Crippen MR) is 164 cm³/mol. The minimum atomic E-state index is -1.29. The lowest BCUT2D eigenvalue weighted by atomic mass is 10.2. The Balaban J connectivity index is 1.63. The molecule has 0 fully saturated rings. The minimum Gasteiger partial charge on any atom is -0.507 e. The third-order valence-electron chi connectivity index (χ3n) is 5.86. The SMILES string of the molecule is O=C(O)c1cc(N=Nc2ccc(-c3ccc(N=Nc4ccc(O)c(C(=O)O)c4)c(CNCCS)n3)nc2CS)ccc1O. The number of hydrogen-bond donors (Lipinski definition) is 7. The first-order valence-electron chi connectivity index (χ1n) is 12.6. The summed E-state index contributed by atoms with van der Waals surface area (Å²) >= 11 is 8.59. The van der Waals surface area contributed by atoms with Crippen LogP contribution in [-0.2, 0) is 12.3 Å². The molecule has 0 amide bonds. The van der Waals surface area contributed by atoms with Gasteiger partial charge in [0, 0.05) is 24.6 Å². The Bertz CT molecular complexity index is 1730. The number of carboxylic acids is 2. The number of aromatic nitrogens is 2.